The van der Waals surface area contributed by atoms with E-state index in [1.54, 1.807) is 12.1 Å². The predicted molar refractivity (Wildman–Crippen MR) is 99.1 cm³/mol. The summed E-state index contributed by atoms with van der Waals surface area (Å²) in [6.45, 7) is 4.75. The molecule has 0 fully saturated rings. The van der Waals surface area contributed by atoms with Crippen LogP contribution in [0.2, 0.25) is 0 Å². The number of hydrogen-bond donors (Lipinski definition) is 3. The first-order chi connectivity index (χ1) is 11.9. The molecule has 0 aromatic heterocycles. The Morgan fingerprint density at radius 1 is 1.16 bits per heavy atom. The molecular formula is C19H23FN4O. The molecule has 5 nitrogen and oxygen atoms in total. The summed E-state index contributed by atoms with van der Waals surface area (Å²) in [7, 11) is 0. The van der Waals surface area contributed by atoms with E-state index in [-0.39, 0.29) is 18.1 Å². The van der Waals surface area contributed by atoms with Crippen LogP contribution >= 0.6 is 0 Å². The van der Waals surface area contributed by atoms with Gasteiger partial charge in [0.15, 0.2) is 5.96 Å². The van der Waals surface area contributed by atoms with Crippen molar-refractivity contribution in [3.63, 3.8) is 0 Å². The minimum atomic E-state index is -0.347. The zero-order valence-corrected chi connectivity index (χ0v) is 14.5. The molecule has 2 rings (SSSR count). The summed E-state index contributed by atoms with van der Waals surface area (Å²) in [5, 5.41) is 5.77. The lowest BCUT2D eigenvalue weighted by molar-refractivity contribution is -0.120. The summed E-state index contributed by atoms with van der Waals surface area (Å²) < 4.78 is 13.1. The molecule has 0 saturated heterocycles. The van der Waals surface area contributed by atoms with Gasteiger partial charge in [0.25, 0.3) is 0 Å². The van der Waals surface area contributed by atoms with Gasteiger partial charge in [-0.2, -0.15) is 0 Å². The van der Waals surface area contributed by atoms with Gasteiger partial charge in [-0.05, 0) is 54.8 Å². The fourth-order valence-corrected chi connectivity index (χ4v) is 2.50. The molecule has 4 N–H and O–H groups in total. The Bertz CT molecular complexity index is 754. The molecule has 0 aliphatic carbocycles. The van der Waals surface area contributed by atoms with E-state index < -0.39 is 0 Å². The smallest absolute Gasteiger partial charge is 0.224 e. The standard InChI is InChI=1S/C19H23FN4O/c1-13-8-14(2)10-17(9-13)24-19(21)23-7-6-22-18(25)12-15-4-3-5-16(20)11-15/h3-5,8-11H,6-7,12H2,1-2H3,(H,22,25)(H3,21,23,24). The van der Waals surface area contributed by atoms with Crippen molar-refractivity contribution < 1.29 is 9.18 Å². The van der Waals surface area contributed by atoms with Crippen molar-refractivity contribution in [2.45, 2.75) is 20.3 Å². The van der Waals surface area contributed by atoms with E-state index in [2.05, 4.69) is 21.7 Å². The third-order valence-corrected chi connectivity index (χ3v) is 3.46. The second kappa shape index (κ2) is 8.82. The van der Waals surface area contributed by atoms with Crippen LogP contribution in [0.4, 0.5) is 10.1 Å². The number of amides is 1. The summed E-state index contributed by atoms with van der Waals surface area (Å²) in [6.07, 6.45) is 0.137. The third kappa shape index (κ3) is 6.63. The number of nitrogens with zero attached hydrogens (tertiary/aromatic N) is 1. The first kappa shape index (κ1) is 18.4. The van der Waals surface area contributed by atoms with E-state index >= 15 is 0 Å². The molecule has 0 radical (unpaired) electrons. The van der Waals surface area contributed by atoms with Gasteiger partial charge in [0.2, 0.25) is 5.91 Å². The highest BCUT2D eigenvalue weighted by atomic mass is 19.1. The maximum Gasteiger partial charge on any atom is 0.224 e. The fraction of sp³-hybridized carbons (Fsp3) is 0.263. The summed E-state index contributed by atoms with van der Waals surface area (Å²) in [6, 6.07) is 12.0. The van der Waals surface area contributed by atoms with Gasteiger partial charge in [-0.25, -0.2) is 4.39 Å². The Balaban J connectivity index is 1.75. The van der Waals surface area contributed by atoms with Crippen LogP contribution in [0.3, 0.4) is 0 Å². The first-order valence-corrected chi connectivity index (χ1v) is 8.09. The quantitative estimate of drug-likeness (QED) is 0.429. The van der Waals surface area contributed by atoms with Crippen molar-refractivity contribution in [2.75, 3.05) is 18.4 Å². The topological polar surface area (TPSA) is 79.5 Å². The number of aliphatic imine (C=N–C) groups is 1. The normalized spacial score (nSPS) is 11.2. The van der Waals surface area contributed by atoms with Crippen molar-refractivity contribution >= 4 is 17.6 Å². The van der Waals surface area contributed by atoms with Crippen LogP contribution in [-0.4, -0.2) is 25.0 Å². The predicted octanol–water partition coefficient (Wildman–Crippen LogP) is 2.53. The summed E-state index contributed by atoms with van der Waals surface area (Å²) in [5.41, 5.74) is 9.64. The molecule has 0 heterocycles. The molecule has 0 saturated carbocycles. The third-order valence-electron chi connectivity index (χ3n) is 3.46. The lowest BCUT2D eigenvalue weighted by Crippen LogP contribution is -2.29. The number of carbonyl (C=O) groups is 1. The zero-order valence-electron chi connectivity index (χ0n) is 14.5. The van der Waals surface area contributed by atoms with Crippen molar-refractivity contribution in [1.82, 2.24) is 5.32 Å². The molecule has 0 atom stereocenters. The number of anilines is 1. The van der Waals surface area contributed by atoms with Crippen LogP contribution in [0.15, 0.2) is 47.5 Å². The van der Waals surface area contributed by atoms with Gasteiger partial charge in [0, 0.05) is 12.2 Å². The van der Waals surface area contributed by atoms with Gasteiger partial charge in [-0.15, -0.1) is 0 Å². The highest BCUT2D eigenvalue weighted by Crippen LogP contribution is 2.13. The van der Waals surface area contributed by atoms with E-state index in [1.807, 2.05) is 26.0 Å². The van der Waals surface area contributed by atoms with Crippen LogP contribution in [0.1, 0.15) is 16.7 Å². The molecule has 2 aromatic rings. The van der Waals surface area contributed by atoms with Crippen molar-refractivity contribution in [3.05, 3.63) is 65.0 Å². The number of hydrogen-bond acceptors (Lipinski definition) is 2. The molecule has 132 valence electrons. The molecule has 1 amide bonds. The maximum absolute atomic E-state index is 13.1. The Morgan fingerprint density at radius 3 is 2.56 bits per heavy atom. The summed E-state index contributed by atoms with van der Waals surface area (Å²) in [4.78, 5) is 16.0. The van der Waals surface area contributed by atoms with Crippen LogP contribution < -0.4 is 16.4 Å². The van der Waals surface area contributed by atoms with E-state index in [1.165, 1.54) is 12.1 Å². The van der Waals surface area contributed by atoms with Gasteiger partial charge in [0.1, 0.15) is 5.82 Å². The van der Waals surface area contributed by atoms with E-state index in [0.29, 0.717) is 24.6 Å². The molecule has 0 aliphatic rings. The number of guanidine groups is 1. The van der Waals surface area contributed by atoms with Gasteiger partial charge in [-0.1, -0.05) is 18.2 Å². The lowest BCUT2D eigenvalue weighted by atomic mass is 10.1. The van der Waals surface area contributed by atoms with Crippen molar-refractivity contribution in [2.24, 2.45) is 10.7 Å². The number of benzene rings is 2. The Kier molecular flexibility index (Phi) is 6.51. The molecule has 0 unspecified atom stereocenters. The van der Waals surface area contributed by atoms with Crippen LogP contribution in [0.5, 0.6) is 0 Å². The molecule has 25 heavy (non-hydrogen) atoms. The molecule has 0 aliphatic heterocycles. The number of carbonyl (C=O) groups excluding carboxylic acids is 1. The van der Waals surface area contributed by atoms with Crippen LogP contribution in [0, 0.1) is 19.7 Å². The second-order valence-electron chi connectivity index (χ2n) is 5.92. The van der Waals surface area contributed by atoms with Gasteiger partial charge < -0.3 is 16.4 Å². The van der Waals surface area contributed by atoms with E-state index in [0.717, 1.165) is 16.8 Å². The Labute approximate surface area is 147 Å². The maximum atomic E-state index is 13.1. The lowest BCUT2D eigenvalue weighted by Gasteiger charge is -2.08. The SMILES string of the molecule is Cc1cc(C)cc(NC(N)=NCCNC(=O)Cc2cccc(F)c2)c1. The number of halogens is 1. The van der Waals surface area contributed by atoms with Gasteiger partial charge in [0.05, 0.1) is 13.0 Å². The Morgan fingerprint density at radius 2 is 1.88 bits per heavy atom. The fourth-order valence-electron chi connectivity index (χ4n) is 2.50. The Hall–Kier alpha value is -2.89. The number of nitrogens with one attached hydrogen (secondary N) is 2. The minimum Gasteiger partial charge on any atom is -0.370 e. The first-order valence-electron chi connectivity index (χ1n) is 8.09. The van der Waals surface area contributed by atoms with Crippen LogP contribution in [-0.2, 0) is 11.2 Å². The average Bonchev–Trinajstić information content (AvgIpc) is 2.50. The second-order valence-corrected chi connectivity index (χ2v) is 5.92. The molecule has 0 spiro atoms. The zero-order chi connectivity index (χ0) is 18.2. The monoisotopic (exact) mass is 342 g/mol. The van der Waals surface area contributed by atoms with Gasteiger partial charge >= 0.3 is 0 Å². The highest BCUT2D eigenvalue weighted by molar-refractivity contribution is 5.92. The summed E-state index contributed by atoms with van der Waals surface area (Å²) >= 11 is 0. The van der Waals surface area contributed by atoms with Crippen LogP contribution in [0.25, 0.3) is 0 Å². The van der Waals surface area contributed by atoms with Crippen molar-refractivity contribution in [3.8, 4) is 0 Å². The van der Waals surface area contributed by atoms with E-state index in [9.17, 15) is 9.18 Å². The molecule has 0 bridgehead atoms. The van der Waals surface area contributed by atoms with Gasteiger partial charge in [-0.3, -0.25) is 9.79 Å². The molecule has 2 aromatic carbocycles. The largest absolute Gasteiger partial charge is 0.370 e. The van der Waals surface area contributed by atoms with E-state index in [4.69, 9.17) is 5.73 Å². The average molecular weight is 342 g/mol. The minimum absolute atomic E-state index is 0.137. The molecule has 6 heteroatoms. The number of nitrogens with two attached hydrogens (primary N) is 1. The van der Waals surface area contributed by atoms with Crippen molar-refractivity contribution in [1.29, 1.82) is 0 Å². The highest BCUT2D eigenvalue weighted by Gasteiger charge is 2.03. The molecular weight excluding hydrogens is 319 g/mol. The number of aryl methyl sites for hydroxylation is 2. The summed E-state index contributed by atoms with van der Waals surface area (Å²) in [5.74, 6) is -0.230. The number of rotatable bonds is 6.